The second-order valence-electron chi connectivity index (χ2n) is 10.2. The van der Waals surface area contributed by atoms with Crippen LogP contribution in [0.4, 0.5) is 22.9 Å². The molecule has 0 bridgehead atoms. The van der Waals surface area contributed by atoms with E-state index in [0.29, 0.717) is 44.3 Å². The molecule has 11 heteroatoms. The maximum atomic E-state index is 12.4. The summed E-state index contributed by atoms with van der Waals surface area (Å²) in [6.07, 6.45) is 4.75. The van der Waals surface area contributed by atoms with E-state index in [0.717, 1.165) is 60.4 Å². The molecule has 2 N–H and O–H groups in total. The first kappa shape index (κ1) is 30.4. The number of aromatic nitrogens is 2. The fourth-order valence-electron chi connectivity index (χ4n) is 5.20. The predicted molar refractivity (Wildman–Crippen MR) is 176 cm³/mol. The molecule has 1 aliphatic heterocycles. The molecule has 5 rings (SSSR count). The van der Waals surface area contributed by atoms with Gasteiger partial charge in [-0.1, -0.05) is 36.7 Å². The number of nitrogens with zero attached hydrogens (tertiary/aromatic N) is 4. The van der Waals surface area contributed by atoms with Crippen LogP contribution in [-0.2, 0) is 4.79 Å². The third-order valence-corrected chi connectivity index (χ3v) is 8.38. The van der Waals surface area contributed by atoms with E-state index in [1.54, 1.807) is 18.5 Å². The van der Waals surface area contributed by atoms with Crippen molar-refractivity contribution in [2.45, 2.75) is 13.8 Å². The van der Waals surface area contributed by atoms with E-state index in [1.807, 2.05) is 25.1 Å². The highest BCUT2D eigenvalue weighted by Gasteiger charge is 2.21. The molecule has 0 aliphatic carbocycles. The van der Waals surface area contributed by atoms with Crippen LogP contribution in [0, 0.1) is 6.92 Å². The minimum Gasteiger partial charge on any atom is -0.495 e. The number of hydrogen-bond donors (Lipinski definition) is 2. The van der Waals surface area contributed by atoms with Crippen molar-refractivity contribution in [3.8, 4) is 22.8 Å². The Bertz CT molecular complexity index is 1660. The monoisotopic (exact) mass is 620 g/mol. The van der Waals surface area contributed by atoms with E-state index in [-0.39, 0.29) is 5.91 Å². The van der Waals surface area contributed by atoms with E-state index in [1.165, 1.54) is 20.3 Å². The van der Waals surface area contributed by atoms with Gasteiger partial charge in [-0.3, -0.25) is 9.78 Å². The van der Waals surface area contributed by atoms with E-state index < -0.39 is 0 Å². The topological polar surface area (TPSA) is 91.9 Å². The number of nitrogens with one attached hydrogen (secondary N) is 2. The zero-order valence-electron chi connectivity index (χ0n) is 24.6. The Morgan fingerprint density at radius 2 is 1.63 bits per heavy atom. The molecule has 0 radical (unpaired) electrons. The van der Waals surface area contributed by atoms with Crippen LogP contribution in [-0.4, -0.2) is 67.7 Å². The molecule has 1 fully saturated rings. The van der Waals surface area contributed by atoms with Crippen LogP contribution >= 0.6 is 23.2 Å². The summed E-state index contributed by atoms with van der Waals surface area (Å²) >= 11 is 13.2. The molecule has 0 saturated carbocycles. The molecule has 1 aliphatic rings. The maximum Gasteiger partial charge on any atom is 0.247 e. The summed E-state index contributed by atoms with van der Waals surface area (Å²) in [5.41, 5.74) is 4.52. The van der Waals surface area contributed by atoms with Crippen molar-refractivity contribution in [3.05, 3.63) is 71.0 Å². The number of benzene rings is 2. The average Bonchev–Trinajstić information content (AvgIpc) is 3.02. The summed E-state index contributed by atoms with van der Waals surface area (Å²) < 4.78 is 10.8. The molecule has 224 valence electrons. The molecule has 0 atom stereocenters. The fourth-order valence-corrected chi connectivity index (χ4v) is 5.90. The molecule has 1 saturated heterocycles. The number of rotatable bonds is 9. The second kappa shape index (κ2) is 13.1. The van der Waals surface area contributed by atoms with Gasteiger partial charge in [-0.15, -0.1) is 0 Å². The third-order valence-electron chi connectivity index (χ3n) is 7.63. The lowest BCUT2D eigenvalue weighted by Crippen LogP contribution is -2.46. The molecule has 0 spiro atoms. The van der Waals surface area contributed by atoms with Crippen LogP contribution in [0.2, 0.25) is 10.0 Å². The largest absolute Gasteiger partial charge is 0.495 e. The third kappa shape index (κ3) is 6.34. The highest BCUT2D eigenvalue weighted by atomic mass is 35.5. The van der Waals surface area contributed by atoms with Crippen molar-refractivity contribution >= 4 is 62.8 Å². The van der Waals surface area contributed by atoms with Gasteiger partial charge in [0.1, 0.15) is 17.3 Å². The number of aryl methyl sites for hydroxylation is 1. The summed E-state index contributed by atoms with van der Waals surface area (Å²) in [6, 6.07) is 9.55. The fraction of sp³-hybridized carbons (Fsp3) is 0.281. The molecular weight excluding hydrogens is 587 g/mol. The van der Waals surface area contributed by atoms with Crippen molar-refractivity contribution in [1.82, 2.24) is 14.9 Å². The Morgan fingerprint density at radius 3 is 2.26 bits per heavy atom. The first-order valence-electron chi connectivity index (χ1n) is 13.9. The number of hydrogen-bond acceptors (Lipinski definition) is 8. The van der Waals surface area contributed by atoms with E-state index in [4.69, 9.17) is 32.7 Å². The first-order chi connectivity index (χ1) is 20.8. The van der Waals surface area contributed by atoms with Crippen LogP contribution < -0.4 is 25.0 Å². The number of carbonyl (C=O) groups excluding carboxylic acids is 1. The number of fused-ring (bicyclic) bond motifs is 1. The Hall–Kier alpha value is -4.05. The molecule has 3 heterocycles. The summed E-state index contributed by atoms with van der Waals surface area (Å²) in [5, 5.41) is 8.75. The molecule has 2 aromatic carbocycles. The lowest BCUT2D eigenvalue weighted by molar-refractivity contribution is -0.111. The SMILES string of the molecule is C=CC(=O)Nc1cc(N2CCN(CC)CC2)cc(C)c1Nc1cc2cnc(-c3c(Cl)c(OC)cc(OC)c3Cl)cc2cn1. The van der Waals surface area contributed by atoms with Crippen LogP contribution in [0.1, 0.15) is 12.5 Å². The van der Waals surface area contributed by atoms with Crippen molar-refractivity contribution in [2.75, 3.05) is 62.5 Å². The Kier molecular flexibility index (Phi) is 9.25. The summed E-state index contributed by atoms with van der Waals surface area (Å²) in [7, 11) is 3.06. The Labute approximate surface area is 261 Å². The number of piperazine rings is 1. The van der Waals surface area contributed by atoms with Gasteiger partial charge in [0.05, 0.1) is 41.3 Å². The number of carbonyl (C=O) groups is 1. The van der Waals surface area contributed by atoms with Crippen LogP contribution in [0.3, 0.4) is 0 Å². The van der Waals surface area contributed by atoms with Gasteiger partial charge >= 0.3 is 0 Å². The first-order valence-corrected chi connectivity index (χ1v) is 14.7. The van der Waals surface area contributed by atoms with Gasteiger partial charge in [-0.2, -0.15) is 0 Å². The lowest BCUT2D eigenvalue weighted by atomic mass is 10.1. The average molecular weight is 622 g/mol. The Morgan fingerprint density at radius 1 is 0.977 bits per heavy atom. The highest BCUT2D eigenvalue weighted by Crippen LogP contribution is 2.45. The van der Waals surface area contributed by atoms with Gasteiger partial charge < -0.3 is 29.9 Å². The van der Waals surface area contributed by atoms with Gasteiger partial charge in [-0.05, 0) is 49.4 Å². The van der Waals surface area contributed by atoms with Crippen LogP contribution in [0.15, 0.2) is 55.4 Å². The molecule has 2 aromatic heterocycles. The minimum absolute atomic E-state index is 0.287. The predicted octanol–water partition coefficient (Wildman–Crippen LogP) is 6.94. The lowest BCUT2D eigenvalue weighted by Gasteiger charge is -2.36. The number of methoxy groups -OCH3 is 2. The van der Waals surface area contributed by atoms with Crippen LogP contribution in [0.5, 0.6) is 11.5 Å². The summed E-state index contributed by atoms with van der Waals surface area (Å²) in [5.74, 6) is 1.18. The molecule has 1 amide bonds. The smallest absolute Gasteiger partial charge is 0.247 e. The van der Waals surface area contributed by atoms with Crippen LogP contribution in [0.25, 0.3) is 22.0 Å². The van der Waals surface area contributed by atoms with Gasteiger partial charge in [0.25, 0.3) is 0 Å². The number of halogens is 2. The van der Waals surface area contributed by atoms with Gasteiger partial charge in [0, 0.05) is 66.7 Å². The number of amides is 1. The number of anilines is 4. The minimum atomic E-state index is -0.287. The standard InChI is InChI=1S/C32H34Cl2N6O3/c1-6-28(41)37-24-15-22(40-10-8-39(7-2)9-11-40)12-19(3)32(24)38-27-14-21-17-35-23(13-20(21)18-36-27)29-30(33)25(42-4)16-26(43-5)31(29)34/h6,12-18H,1,7-11H2,2-5H3,(H,36,38)(H,37,41). The second-order valence-corrected chi connectivity index (χ2v) is 11.0. The normalized spacial score (nSPS) is 13.6. The maximum absolute atomic E-state index is 12.4. The van der Waals surface area contributed by atoms with Crippen molar-refractivity contribution in [3.63, 3.8) is 0 Å². The number of likely N-dealkylation sites (N-methyl/N-ethyl adjacent to an activating group) is 1. The van der Waals surface area contributed by atoms with Gasteiger partial charge in [0.2, 0.25) is 5.91 Å². The van der Waals surface area contributed by atoms with Gasteiger partial charge in [-0.25, -0.2) is 4.98 Å². The molecule has 43 heavy (non-hydrogen) atoms. The highest BCUT2D eigenvalue weighted by molar-refractivity contribution is 6.41. The van der Waals surface area contributed by atoms with E-state index >= 15 is 0 Å². The van der Waals surface area contributed by atoms with Crippen molar-refractivity contribution in [1.29, 1.82) is 0 Å². The molecule has 9 nitrogen and oxygen atoms in total. The molecule has 4 aromatic rings. The molecular formula is C32H34Cl2N6O3. The Balaban J connectivity index is 1.47. The zero-order chi connectivity index (χ0) is 30.7. The number of ether oxygens (including phenoxy) is 2. The molecule has 0 unspecified atom stereocenters. The van der Waals surface area contributed by atoms with Crippen molar-refractivity contribution in [2.24, 2.45) is 0 Å². The van der Waals surface area contributed by atoms with Gasteiger partial charge in [0.15, 0.2) is 0 Å². The van der Waals surface area contributed by atoms with E-state index in [2.05, 4.69) is 50.0 Å². The quantitative estimate of drug-likeness (QED) is 0.194. The zero-order valence-corrected chi connectivity index (χ0v) is 26.1. The van der Waals surface area contributed by atoms with Crippen molar-refractivity contribution < 1.29 is 14.3 Å². The summed E-state index contributed by atoms with van der Waals surface area (Å²) in [6.45, 7) is 12.7. The van der Waals surface area contributed by atoms with E-state index in [9.17, 15) is 4.79 Å². The number of pyridine rings is 2. The summed E-state index contributed by atoms with van der Waals surface area (Å²) in [4.78, 5) is 26.5.